The van der Waals surface area contributed by atoms with Crippen molar-refractivity contribution in [2.24, 2.45) is 5.92 Å². The summed E-state index contributed by atoms with van der Waals surface area (Å²) in [6.45, 7) is 5.95. The molecule has 1 saturated heterocycles. The van der Waals surface area contributed by atoms with Crippen molar-refractivity contribution in [1.29, 1.82) is 0 Å². The fraction of sp³-hybridized carbons (Fsp3) is 0.538. The topological polar surface area (TPSA) is 21.3 Å². The number of hydrogen-bond acceptors (Lipinski definition) is 2. The van der Waals surface area contributed by atoms with Crippen molar-refractivity contribution in [1.82, 2.24) is 5.32 Å². The highest BCUT2D eigenvalue weighted by Gasteiger charge is 2.24. The third-order valence-corrected chi connectivity index (χ3v) is 3.90. The Hall–Kier alpha value is -0.280. The van der Waals surface area contributed by atoms with Gasteiger partial charge in [0, 0.05) is 12.6 Å². The van der Waals surface area contributed by atoms with Crippen LogP contribution in [-0.4, -0.2) is 19.2 Å². The minimum atomic E-state index is 0.0692. The zero-order valence-electron chi connectivity index (χ0n) is 10.0. The van der Waals surface area contributed by atoms with Crippen molar-refractivity contribution >= 4 is 23.2 Å². The maximum Gasteiger partial charge on any atom is 0.0950 e. The number of ether oxygens (including phenoxy) is 1. The molecule has 2 unspecified atom stereocenters. The molecule has 1 aliphatic rings. The number of benzene rings is 1. The van der Waals surface area contributed by atoms with E-state index in [-0.39, 0.29) is 6.10 Å². The third-order valence-electron chi connectivity index (χ3n) is 3.16. The van der Waals surface area contributed by atoms with Gasteiger partial charge in [-0.25, -0.2) is 0 Å². The van der Waals surface area contributed by atoms with Crippen LogP contribution in [0.3, 0.4) is 0 Å². The van der Waals surface area contributed by atoms with Crippen LogP contribution in [0.4, 0.5) is 0 Å². The van der Waals surface area contributed by atoms with Gasteiger partial charge in [0.25, 0.3) is 0 Å². The van der Waals surface area contributed by atoms with Crippen LogP contribution < -0.4 is 5.32 Å². The number of nitrogens with one attached hydrogen (secondary N) is 1. The van der Waals surface area contributed by atoms with Gasteiger partial charge in [-0.15, -0.1) is 0 Å². The van der Waals surface area contributed by atoms with Crippen molar-refractivity contribution in [3.63, 3.8) is 0 Å². The van der Waals surface area contributed by atoms with E-state index < -0.39 is 0 Å². The largest absolute Gasteiger partial charge is 0.371 e. The van der Waals surface area contributed by atoms with E-state index in [0.717, 1.165) is 18.7 Å². The maximum absolute atomic E-state index is 6.00. The van der Waals surface area contributed by atoms with Gasteiger partial charge >= 0.3 is 0 Å². The Morgan fingerprint density at radius 2 is 2.06 bits per heavy atom. The van der Waals surface area contributed by atoms with Crippen molar-refractivity contribution < 1.29 is 4.74 Å². The first-order valence-electron chi connectivity index (χ1n) is 5.88. The summed E-state index contributed by atoms with van der Waals surface area (Å²) in [4.78, 5) is 0. The lowest BCUT2D eigenvalue weighted by Gasteiger charge is -2.32. The van der Waals surface area contributed by atoms with Crippen LogP contribution in [0.15, 0.2) is 18.2 Å². The lowest BCUT2D eigenvalue weighted by atomic mass is 10.0. The van der Waals surface area contributed by atoms with E-state index >= 15 is 0 Å². The lowest BCUT2D eigenvalue weighted by Crippen LogP contribution is -2.45. The maximum atomic E-state index is 6.00. The van der Waals surface area contributed by atoms with Gasteiger partial charge in [0.15, 0.2) is 0 Å². The molecular weight excluding hydrogens is 257 g/mol. The van der Waals surface area contributed by atoms with Gasteiger partial charge in [-0.3, -0.25) is 0 Å². The molecule has 1 aromatic rings. The fourth-order valence-corrected chi connectivity index (χ4v) is 2.26. The minimum absolute atomic E-state index is 0.0692. The molecule has 1 heterocycles. The lowest BCUT2D eigenvalue weighted by molar-refractivity contribution is -0.00710. The van der Waals surface area contributed by atoms with Crippen LogP contribution in [0.25, 0.3) is 0 Å². The Labute approximate surface area is 112 Å². The van der Waals surface area contributed by atoms with E-state index in [2.05, 4.69) is 19.2 Å². The minimum Gasteiger partial charge on any atom is -0.371 e. The van der Waals surface area contributed by atoms with Crippen LogP contribution in [0.1, 0.15) is 25.5 Å². The second-order valence-electron chi connectivity index (χ2n) is 4.75. The summed E-state index contributed by atoms with van der Waals surface area (Å²) in [7, 11) is 0. The summed E-state index contributed by atoms with van der Waals surface area (Å²) in [5.74, 6) is 0.588. The standard InChI is InChI=1S/C13H17Cl2NO/c1-8(2)12-7-17-13(6-16-12)9-3-4-10(14)11(15)5-9/h3-5,8,12-13,16H,6-7H2,1-2H3. The normalized spacial score (nSPS) is 25.2. The molecule has 0 radical (unpaired) electrons. The summed E-state index contributed by atoms with van der Waals surface area (Å²) >= 11 is 11.9. The Bertz CT molecular complexity index is 387. The summed E-state index contributed by atoms with van der Waals surface area (Å²) in [6.07, 6.45) is 0.0692. The molecule has 0 bridgehead atoms. The van der Waals surface area contributed by atoms with E-state index in [1.165, 1.54) is 0 Å². The molecule has 0 saturated carbocycles. The van der Waals surface area contributed by atoms with Gasteiger partial charge in [0.05, 0.1) is 22.8 Å². The van der Waals surface area contributed by atoms with Crippen molar-refractivity contribution in [2.75, 3.05) is 13.2 Å². The second-order valence-corrected chi connectivity index (χ2v) is 5.57. The molecule has 1 aliphatic heterocycles. The average Bonchev–Trinajstić information content (AvgIpc) is 2.33. The molecule has 1 fully saturated rings. The van der Waals surface area contributed by atoms with E-state index in [9.17, 15) is 0 Å². The number of morpholine rings is 1. The zero-order valence-corrected chi connectivity index (χ0v) is 11.6. The number of halogens is 2. The van der Waals surface area contributed by atoms with Gasteiger partial charge in [0.1, 0.15) is 0 Å². The van der Waals surface area contributed by atoms with Crippen LogP contribution in [0, 0.1) is 5.92 Å². The molecule has 0 aliphatic carbocycles. The smallest absolute Gasteiger partial charge is 0.0950 e. The molecule has 1 aromatic carbocycles. The van der Waals surface area contributed by atoms with Crippen LogP contribution >= 0.6 is 23.2 Å². The van der Waals surface area contributed by atoms with Crippen LogP contribution in [0.5, 0.6) is 0 Å². The fourth-order valence-electron chi connectivity index (χ4n) is 1.95. The van der Waals surface area contributed by atoms with E-state index in [0.29, 0.717) is 22.0 Å². The van der Waals surface area contributed by atoms with Crippen molar-refractivity contribution in [3.05, 3.63) is 33.8 Å². The molecule has 0 spiro atoms. The van der Waals surface area contributed by atoms with Crippen LogP contribution in [-0.2, 0) is 4.74 Å². The van der Waals surface area contributed by atoms with Gasteiger partial charge in [-0.1, -0.05) is 43.1 Å². The van der Waals surface area contributed by atoms with E-state index in [1.54, 1.807) is 0 Å². The van der Waals surface area contributed by atoms with Gasteiger partial charge in [0.2, 0.25) is 0 Å². The highest BCUT2D eigenvalue weighted by molar-refractivity contribution is 6.42. The first kappa shape index (κ1) is 13.2. The molecule has 2 atom stereocenters. The highest BCUT2D eigenvalue weighted by Crippen LogP contribution is 2.28. The SMILES string of the molecule is CC(C)C1COC(c2ccc(Cl)c(Cl)c2)CN1. The third kappa shape index (κ3) is 3.14. The molecule has 2 rings (SSSR count). The summed E-state index contributed by atoms with van der Waals surface area (Å²) in [5, 5.41) is 4.66. The predicted octanol–water partition coefficient (Wildman–Crippen LogP) is 3.68. The Kier molecular flexibility index (Phi) is 4.31. The molecule has 17 heavy (non-hydrogen) atoms. The second kappa shape index (κ2) is 5.57. The summed E-state index contributed by atoms with van der Waals surface area (Å²) in [5.41, 5.74) is 1.08. The Balaban J connectivity index is 2.03. The number of rotatable bonds is 2. The first-order valence-corrected chi connectivity index (χ1v) is 6.63. The summed E-state index contributed by atoms with van der Waals surface area (Å²) in [6, 6.07) is 6.10. The molecule has 0 aromatic heterocycles. The predicted molar refractivity (Wildman–Crippen MR) is 71.8 cm³/mol. The average molecular weight is 274 g/mol. The number of hydrogen-bond donors (Lipinski definition) is 1. The quantitative estimate of drug-likeness (QED) is 0.888. The van der Waals surface area contributed by atoms with E-state index in [1.807, 2.05) is 18.2 Å². The monoisotopic (exact) mass is 273 g/mol. The first-order chi connectivity index (χ1) is 8.08. The highest BCUT2D eigenvalue weighted by atomic mass is 35.5. The van der Waals surface area contributed by atoms with Crippen molar-refractivity contribution in [2.45, 2.75) is 26.0 Å². The molecular formula is C13H17Cl2NO. The molecule has 0 amide bonds. The molecule has 2 nitrogen and oxygen atoms in total. The van der Waals surface area contributed by atoms with Gasteiger partial charge in [-0.2, -0.15) is 0 Å². The van der Waals surface area contributed by atoms with Crippen LogP contribution in [0.2, 0.25) is 10.0 Å². The molecule has 1 N–H and O–H groups in total. The zero-order chi connectivity index (χ0) is 12.4. The Morgan fingerprint density at radius 3 is 2.59 bits per heavy atom. The van der Waals surface area contributed by atoms with E-state index in [4.69, 9.17) is 27.9 Å². The Morgan fingerprint density at radius 1 is 1.29 bits per heavy atom. The van der Waals surface area contributed by atoms with Crippen molar-refractivity contribution in [3.8, 4) is 0 Å². The van der Waals surface area contributed by atoms with Gasteiger partial charge < -0.3 is 10.1 Å². The molecule has 4 heteroatoms. The summed E-state index contributed by atoms with van der Waals surface area (Å²) < 4.78 is 5.87. The molecule has 94 valence electrons. The van der Waals surface area contributed by atoms with Gasteiger partial charge in [-0.05, 0) is 23.6 Å².